The average molecular weight is 389 g/mol. The molecule has 0 unspecified atom stereocenters. The monoisotopic (exact) mass is 389 g/mol. The number of benzene rings is 1. The van der Waals surface area contributed by atoms with Gasteiger partial charge in [-0.25, -0.2) is 9.18 Å². The second kappa shape index (κ2) is 7.69. The number of fused-ring (bicyclic) bond motifs is 1. The summed E-state index contributed by atoms with van der Waals surface area (Å²) in [7, 11) is 0. The van der Waals surface area contributed by atoms with Crippen molar-refractivity contribution in [2.24, 2.45) is 0 Å². The molecule has 2 saturated heterocycles. The van der Waals surface area contributed by atoms with E-state index in [-0.39, 0.29) is 23.8 Å². The number of halogens is 1. The zero-order valence-electron chi connectivity index (χ0n) is 17.2. The van der Waals surface area contributed by atoms with E-state index in [1.165, 1.54) is 0 Å². The second-order valence-corrected chi connectivity index (χ2v) is 8.61. The normalized spacial score (nSPS) is 23.1. The van der Waals surface area contributed by atoms with Crippen LogP contribution >= 0.6 is 0 Å². The molecule has 2 heterocycles. The molecule has 0 bridgehead atoms. The third-order valence-corrected chi connectivity index (χ3v) is 5.35. The summed E-state index contributed by atoms with van der Waals surface area (Å²) in [6.07, 6.45) is -0.506. The predicted octanol–water partition coefficient (Wildman–Crippen LogP) is 3.31. The Morgan fingerprint density at radius 3 is 2.68 bits per heavy atom. The van der Waals surface area contributed by atoms with Crippen LogP contribution in [0.15, 0.2) is 6.07 Å². The van der Waals surface area contributed by atoms with Crippen LogP contribution in [0.5, 0.6) is 0 Å². The summed E-state index contributed by atoms with van der Waals surface area (Å²) >= 11 is 0. The van der Waals surface area contributed by atoms with Gasteiger partial charge in [-0.05, 0) is 51.3 Å². The van der Waals surface area contributed by atoms with E-state index in [2.05, 4.69) is 4.90 Å². The molecular formula is C21H28FN3O3. The lowest BCUT2D eigenvalue weighted by molar-refractivity contribution is -0.0908. The largest absolute Gasteiger partial charge is 0.444 e. The molecule has 1 amide bonds. The zero-order valence-corrected chi connectivity index (χ0v) is 17.2. The maximum absolute atomic E-state index is 14.2. The Labute approximate surface area is 165 Å². The van der Waals surface area contributed by atoms with Crippen molar-refractivity contribution in [3.63, 3.8) is 0 Å². The Bertz CT molecular complexity index is 813. The Kier molecular flexibility index (Phi) is 5.64. The maximum Gasteiger partial charge on any atom is 0.410 e. The molecule has 1 aromatic carbocycles. The fraction of sp³-hybridized carbons (Fsp3) is 0.619. The van der Waals surface area contributed by atoms with Crippen LogP contribution in [-0.4, -0.2) is 60.3 Å². The van der Waals surface area contributed by atoms with E-state index in [1.54, 1.807) is 24.8 Å². The third-order valence-electron chi connectivity index (χ3n) is 5.35. The molecule has 2 aliphatic heterocycles. The van der Waals surface area contributed by atoms with Crippen LogP contribution < -0.4 is 0 Å². The highest BCUT2D eigenvalue weighted by atomic mass is 19.1. The third kappa shape index (κ3) is 4.13. The number of carbonyl (C=O) groups excluding carboxylic acids is 1. The predicted molar refractivity (Wildman–Crippen MR) is 102 cm³/mol. The van der Waals surface area contributed by atoms with Crippen molar-refractivity contribution >= 4 is 6.09 Å². The van der Waals surface area contributed by atoms with Crippen molar-refractivity contribution in [3.05, 3.63) is 34.1 Å². The molecule has 3 rings (SSSR count). The number of hydrogen-bond donors (Lipinski definition) is 0. The van der Waals surface area contributed by atoms with Crippen molar-refractivity contribution in [3.8, 4) is 6.07 Å². The van der Waals surface area contributed by atoms with Gasteiger partial charge in [0.2, 0.25) is 0 Å². The number of hydrogen-bond acceptors (Lipinski definition) is 5. The molecule has 28 heavy (non-hydrogen) atoms. The number of aryl methyl sites for hydroxylation is 1. The van der Waals surface area contributed by atoms with Crippen LogP contribution in [0.3, 0.4) is 0 Å². The SMILES string of the molecule is Cc1cc([C@@H]2CN3CCN(C(=O)OC(C)(C)C)C[C@@H]3CO2)c(C)c(C#N)c1F. The first kappa shape index (κ1) is 20.6. The molecule has 2 atom stereocenters. The van der Waals surface area contributed by atoms with Gasteiger partial charge in [-0.15, -0.1) is 0 Å². The summed E-state index contributed by atoms with van der Waals surface area (Å²) < 4.78 is 25.8. The molecule has 152 valence electrons. The van der Waals surface area contributed by atoms with Gasteiger partial charge in [0.15, 0.2) is 0 Å². The van der Waals surface area contributed by atoms with Crippen LogP contribution in [0.2, 0.25) is 0 Å². The summed E-state index contributed by atoms with van der Waals surface area (Å²) in [5.41, 5.74) is 1.54. The molecule has 0 radical (unpaired) electrons. The van der Waals surface area contributed by atoms with Crippen LogP contribution in [0.4, 0.5) is 9.18 Å². The Morgan fingerprint density at radius 2 is 2.04 bits per heavy atom. The fourth-order valence-corrected chi connectivity index (χ4v) is 3.84. The molecule has 0 saturated carbocycles. The van der Waals surface area contributed by atoms with Gasteiger partial charge in [0.1, 0.15) is 17.5 Å². The van der Waals surface area contributed by atoms with E-state index in [4.69, 9.17) is 9.47 Å². The molecule has 0 aliphatic carbocycles. The van der Waals surface area contributed by atoms with Crippen LogP contribution in [0.25, 0.3) is 0 Å². The molecule has 2 fully saturated rings. The van der Waals surface area contributed by atoms with Crippen LogP contribution in [0.1, 0.15) is 49.1 Å². The van der Waals surface area contributed by atoms with Gasteiger partial charge in [-0.3, -0.25) is 4.90 Å². The number of ether oxygens (including phenoxy) is 2. The molecule has 7 heteroatoms. The number of morpholine rings is 1. The standard InChI is InChI=1S/C21H28FN3O3/c1-13-8-16(14(2)17(9-23)19(13)22)18-11-24-6-7-25(10-15(24)12-27-18)20(26)28-21(3,4)5/h8,15,18H,6-7,10-12H2,1-5H3/t15-,18+/m1/s1. The van der Waals surface area contributed by atoms with Crippen molar-refractivity contribution in [2.75, 3.05) is 32.8 Å². The summed E-state index contributed by atoms with van der Waals surface area (Å²) in [6.45, 7) is 12.0. The smallest absolute Gasteiger partial charge is 0.410 e. The number of nitrogens with zero attached hydrogens (tertiary/aromatic N) is 3. The van der Waals surface area contributed by atoms with E-state index in [0.29, 0.717) is 37.4 Å². The van der Waals surface area contributed by atoms with Gasteiger partial charge in [-0.2, -0.15) is 5.26 Å². The van der Waals surface area contributed by atoms with Gasteiger partial charge in [0.25, 0.3) is 0 Å². The summed E-state index contributed by atoms with van der Waals surface area (Å²) in [5.74, 6) is -0.455. The van der Waals surface area contributed by atoms with Crippen molar-refractivity contribution in [1.82, 2.24) is 9.80 Å². The molecule has 0 aromatic heterocycles. The number of amides is 1. The summed E-state index contributed by atoms with van der Waals surface area (Å²) in [5, 5.41) is 9.31. The first-order valence-corrected chi connectivity index (χ1v) is 9.64. The van der Waals surface area contributed by atoms with Gasteiger partial charge in [0.05, 0.1) is 24.3 Å². The Hall–Kier alpha value is -2.17. The number of carbonyl (C=O) groups is 1. The highest BCUT2D eigenvalue weighted by Crippen LogP contribution is 2.32. The molecule has 0 N–H and O–H groups in total. The van der Waals surface area contributed by atoms with E-state index < -0.39 is 11.4 Å². The average Bonchev–Trinajstić information content (AvgIpc) is 2.63. The molecule has 1 aromatic rings. The Balaban J connectivity index is 1.70. The topological polar surface area (TPSA) is 65.8 Å². The molecule has 2 aliphatic rings. The molecular weight excluding hydrogens is 361 g/mol. The summed E-state index contributed by atoms with van der Waals surface area (Å²) in [6, 6.07) is 3.87. The van der Waals surface area contributed by atoms with Crippen LogP contribution in [0, 0.1) is 31.0 Å². The highest BCUT2D eigenvalue weighted by molar-refractivity contribution is 5.68. The van der Waals surface area contributed by atoms with E-state index in [0.717, 1.165) is 12.1 Å². The minimum absolute atomic E-state index is 0.0930. The number of nitriles is 1. The van der Waals surface area contributed by atoms with Gasteiger partial charge >= 0.3 is 6.09 Å². The van der Waals surface area contributed by atoms with Gasteiger partial charge in [0, 0.05) is 26.2 Å². The lowest BCUT2D eigenvalue weighted by Gasteiger charge is -2.46. The molecule has 0 spiro atoms. The van der Waals surface area contributed by atoms with Crippen molar-refractivity contribution < 1.29 is 18.7 Å². The van der Waals surface area contributed by atoms with Crippen molar-refractivity contribution in [1.29, 1.82) is 5.26 Å². The second-order valence-electron chi connectivity index (χ2n) is 8.61. The molecule has 6 nitrogen and oxygen atoms in total. The first-order chi connectivity index (χ1) is 13.1. The van der Waals surface area contributed by atoms with Gasteiger partial charge in [-0.1, -0.05) is 6.07 Å². The highest BCUT2D eigenvalue weighted by Gasteiger charge is 2.37. The lowest BCUT2D eigenvalue weighted by atomic mass is 9.94. The van der Waals surface area contributed by atoms with E-state index >= 15 is 0 Å². The lowest BCUT2D eigenvalue weighted by Crippen LogP contribution is -2.60. The number of rotatable bonds is 1. The van der Waals surface area contributed by atoms with E-state index in [1.807, 2.05) is 26.8 Å². The van der Waals surface area contributed by atoms with E-state index in [9.17, 15) is 14.4 Å². The minimum Gasteiger partial charge on any atom is -0.444 e. The van der Waals surface area contributed by atoms with Gasteiger partial charge < -0.3 is 14.4 Å². The van der Waals surface area contributed by atoms with Crippen molar-refractivity contribution in [2.45, 2.75) is 52.4 Å². The Morgan fingerprint density at radius 1 is 1.32 bits per heavy atom. The fourth-order valence-electron chi connectivity index (χ4n) is 3.84. The number of piperazine rings is 1. The maximum atomic E-state index is 14.2. The van der Waals surface area contributed by atoms with Crippen LogP contribution in [-0.2, 0) is 9.47 Å². The zero-order chi connectivity index (χ0) is 20.6. The summed E-state index contributed by atoms with van der Waals surface area (Å²) in [4.78, 5) is 16.4. The first-order valence-electron chi connectivity index (χ1n) is 9.64. The minimum atomic E-state index is -0.515. The quantitative estimate of drug-likeness (QED) is 0.737.